The van der Waals surface area contributed by atoms with Crippen molar-refractivity contribution in [2.24, 2.45) is 0 Å². The number of carbonyl (C=O) groups excluding carboxylic acids is 2. The summed E-state index contributed by atoms with van der Waals surface area (Å²) in [6.07, 6.45) is 45.1. The van der Waals surface area contributed by atoms with E-state index < -0.39 is 26.5 Å². The minimum absolute atomic E-state index is 0.000742. The Bertz CT molecular complexity index is 937. The molecular formula is C45H85O8P. The van der Waals surface area contributed by atoms with Crippen molar-refractivity contribution in [1.29, 1.82) is 0 Å². The van der Waals surface area contributed by atoms with Crippen LogP contribution in [0, 0.1) is 0 Å². The minimum atomic E-state index is -4.28. The van der Waals surface area contributed by atoms with Crippen LogP contribution in [-0.2, 0) is 32.7 Å². The second-order valence-corrected chi connectivity index (χ2v) is 16.5. The molecule has 0 aliphatic heterocycles. The average Bonchev–Trinajstić information content (AvgIpc) is 3.15. The normalized spacial score (nSPS) is 13.5. The summed E-state index contributed by atoms with van der Waals surface area (Å²) in [6, 6.07) is 0. The van der Waals surface area contributed by atoms with Crippen molar-refractivity contribution in [1.82, 2.24) is 0 Å². The van der Waals surface area contributed by atoms with Crippen LogP contribution < -0.4 is 0 Å². The SMILES string of the molecule is CCCCCC/C=C\C/C=C\CCCCCCCCCC(=O)OC(COC(=O)CCCCCCCCCCCCCCCCCC)COP(=O)(O)OCC. The first kappa shape index (κ1) is 52.5. The fourth-order valence-corrected chi connectivity index (χ4v) is 7.18. The summed E-state index contributed by atoms with van der Waals surface area (Å²) in [5.41, 5.74) is 0. The fourth-order valence-electron chi connectivity index (χ4n) is 6.43. The third kappa shape index (κ3) is 40.2. The molecule has 0 aromatic rings. The molecule has 0 aliphatic rings. The third-order valence-corrected chi connectivity index (χ3v) is 10.8. The summed E-state index contributed by atoms with van der Waals surface area (Å²) >= 11 is 0. The summed E-state index contributed by atoms with van der Waals surface area (Å²) in [5.74, 6) is -0.796. The number of carbonyl (C=O) groups is 2. The zero-order chi connectivity index (χ0) is 39.6. The zero-order valence-electron chi connectivity index (χ0n) is 35.4. The van der Waals surface area contributed by atoms with Gasteiger partial charge in [0.15, 0.2) is 6.10 Å². The van der Waals surface area contributed by atoms with Crippen molar-refractivity contribution >= 4 is 19.8 Å². The number of phosphoric acid groups is 1. The lowest BCUT2D eigenvalue weighted by Gasteiger charge is -2.19. The molecule has 0 heterocycles. The number of unbranched alkanes of at least 4 members (excludes halogenated alkanes) is 26. The summed E-state index contributed by atoms with van der Waals surface area (Å²) in [4.78, 5) is 34.8. The molecule has 0 rings (SSSR count). The first-order valence-corrected chi connectivity index (χ1v) is 24.1. The van der Waals surface area contributed by atoms with E-state index in [1.807, 2.05) is 0 Å². The summed E-state index contributed by atoms with van der Waals surface area (Å²) in [5, 5.41) is 0. The van der Waals surface area contributed by atoms with Crippen molar-refractivity contribution in [3.8, 4) is 0 Å². The van der Waals surface area contributed by atoms with E-state index in [4.69, 9.17) is 18.5 Å². The van der Waals surface area contributed by atoms with E-state index in [-0.39, 0.29) is 25.6 Å². The van der Waals surface area contributed by atoms with Crippen LogP contribution in [0.15, 0.2) is 24.3 Å². The molecule has 2 atom stereocenters. The highest BCUT2D eigenvalue weighted by Gasteiger charge is 2.25. The lowest BCUT2D eigenvalue weighted by molar-refractivity contribution is -0.161. The van der Waals surface area contributed by atoms with Gasteiger partial charge >= 0.3 is 19.8 Å². The number of hydrogen-bond donors (Lipinski definition) is 1. The molecule has 0 aliphatic carbocycles. The molecule has 0 radical (unpaired) electrons. The molecule has 0 fully saturated rings. The largest absolute Gasteiger partial charge is 0.472 e. The highest BCUT2D eigenvalue weighted by molar-refractivity contribution is 7.47. The number of ether oxygens (including phenoxy) is 2. The smallest absolute Gasteiger partial charge is 0.462 e. The van der Waals surface area contributed by atoms with Gasteiger partial charge in [0.2, 0.25) is 0 Å². The molecule has 0 saturated heterocycles. The molecule has 54 heavy (non-hydrogen) atoms. The first-order chi connectivity index (χ1) is 26.3. The van der Waals surface area contributed by atoms with E-state index in [0.29, 0.717) is 12.8 Å². The number of allylic oxidation sites excluding steroid dienone is 4. The van der Waals surface area contributed by atoms with Crippen LogP contribution in [0.2, 0.25) is 0 Å². The predicted molar refractivity (Wildman–Crippen MR) is 226 cm³/mol. The molecule has 1 N–H and O–H groups in total. The van der Waals surface area contributed by atoms with Crippen LogP contribution in [0.4, 0.5) is 0 Å². The molecule has 2 unspecified atom stereocenters. The summed E-state index contributed by atoms with van der Waals surface area (Å²) in [6.45, 7) is 5.48. The zero-order valence-corrected chi connectivity index (χ0v) is 36.3. The van der Waals surface area contributed by atoms with Crippen molar-refractivity contribution in [2.75, 3.05) is 19.8 Å². The van der Waals surface area contributed by atoms with Gasteiger partial charge in [-0.3, -0.25) is 18.6 Å². The standard InChI is InChI=1S/C45H85O8P/c1-4-7-9-11-13-15-17-19-21-23-24-26-28-30-32-34-36-38-40-45(47)53-43(42-52-54(48,49)51-6-3)41-50-44(46)39-37-35-33-31-29-27-25-22-20-18-16-14-12-10-8-5-2/h15,17,21,23,43H,4-14,16,18-20,22,24-42H2,1-3H3,(H,48,49)/b17-15-,23-21-. The molecular weight excluding hydrogens is 699 g/mol. The molecule has 0 aromatic carbocycles. The van der Waals surface area contributed by atoms with Gasteiger partial charge in [0.1, 0.15) is 6.61 Å². The maximum absolute atomic E-state index is 12.6. The first-order valence-electron chi connectivity index (χ1n) is 22.6. The van der Waals surface area contributed by atoms with Crippen LogP contribution in [0.3, 0.4) is 0 Å². The van der Waals surface area contributed by atoms with Crippen LogP contribution in [-0.4, -0.2) is 42.8 Å². The Morgan fingerprint density at radius 3 is 1.33 bits per heavy atom. The van der Waals surface area contributed by atoms with Gasteiger partial charge in [0.25, 0.3) is 0 Å². The Morgan fingerprint density at radius 2 is 0.889 bits per heavy atom. The van der Waals surface area contributed by atoms with Gasteiger partial charge < -0.3 is 14.4 Å². The summed E-state index contributed by atoms with van der Waals surface area (Å²) < 4.78 is 32.7. The fraction of sp³-hybridized carbons (Fsp3) is 0.867. The second kappa shape index (κ2) is 41.2. The average molecular weight is 785 g/mol. The lowest BCUT2D eigenvalue weighted by atomic mass is 10.0. The van der Waals surface area contributed by atoms with Crippen LogP contribution >= 0.6 is 7.82 Å². The van der Waals surface area contributed by atoms with Gasteiger partial charge in [-0.2, -0.15) is 0 Å². The Balaban J connectivity index is 4.05. The van der Waals surface area contributed by atoms with E-state index >= 15 is 0 Å². The summed E-state index contributed by atoms with van der Waals surface area (Å²) in [7, 11) is -4.28. The molecule has 0 saturated carbocycles. The van der Waals surface area contributed by atoms with E-state index in [1.54, 1.807) is 6.92 Å². The Kier molecular flexibility index (Phi) is 40.1. The molecule has 318 valence electrons. The minimum Gasteiger partial charge on any atom is -0.462 e. The third-order valence-electron chi connectivity index (χ3n) is 9.76. The Labute approximate surface area is 333 Å². The van der Waals surface area contributed by atoms with Gasteiger partial charge in [-0.15, -0.1) is 0 Å². The maximum atomic E-state index is 12.6. The van der Waals surface area contributed by atoms with Crippen molar-refractivity contribution in [3.05, 3.63) is 24.3 Å². The van der Waals surface area contributed by atoms with E-state index in [0.717, 1.165) is 51.4 Å². The molecule has 0 amide bonds. The molecule has 0 aromatic heterocycles. The molecule has 9 heteroatoms. The maximum Gasteiger partial charge on any atom is 0.472 e. The Morgan fingerprint density at radius 1 is 0.500 bits per heavy atom. The van der Waals surface area contributed by atoms with Crippen LogP contribution in [0.5, 0.6) is 0 Å². The highest BCUT2D eigenvalue weighted by Crippen LogP contribution is 2.43. The molecule has 0 spiro atoms. The van der Waals surface area contributed by atoms with Crippen LogP contribution in [0.1, 0.15) is 226 Å². The van der Waals surface area contributed by atoms with Crippen molar-refractivity contribution in [2.45, 2.75) is 232 Å². The van der Waals surface area contributed by atoms with Crippen molar-refractivity contribution in [3.63, 3.8) is 0 Å². The molecule has 0 bridgehead atoms. The number of phosphoric ester groups is 1. The van der Waals surface area contributed by atoms with E-state index in [2.05, 4.69) is 38.2 Å². The van der Waals surface area contributed by atoms with Gasteiger partial charge in [0.05, 0.1) is 13.2 Å². The van der Waals surface area contributed by atoms with Crippen molar-refractivity contribution < 1.29 is 37.6 Å². The monoisotopic (exact) mass is 785 g/mol. The predicted octanol–water partition coefficient (Wildman–Crippen LogP) is 14.2. The number of esters is 2. The van der Waals surface area contributed by atoms with Gasteiger partial charge in [-0.1, -0.05) is 186 Å². The molecule has 8 nitrogen and oxygen atoms in total. The lowest BCUT2D eigenvalue weighted by Crippen LogP contribution is -2.29. The number of rotatable bonds is 42. The van der Waals surface area contributed by atoms with E-state index in [1.165, 1.54) is 135 Å². The number of hydrogen-bond acceptors (Lipinski definition) is 7. The van der Waals surface area contributed by atoms with E-state index in [9.17, 15) is 19.0 Å². The Hall–Kier alpha value is -1.47. The van der Waals surface area contributed by atoms with Gasteiger partial charge in [0, 0.05) is 12.8 Å². The van der Waals surface area contributed by atoms with Gasteiger partial charge in [-0.25, -0.2) is 4.57 Å². The van der Waals surface area contributed by atoms with Crippen LogP contribution in [0.25, 0.3) is 0 Å². The quantitative estimate of drug-likeness (QED) is 0.0282. The second-order valence-electron chi connectivity index (χ2n) is 15.1. The highest BCUT2D eigenvalue weighted by atomic mass is 31.2. The topological polar surface area (TPSA) is 108 Å². The van der Waals surface area contributed by atoms with Gasteiger partial charge in [-0.05, 0) is 51.9 Å².